The van der Waals surface area contributed by atoms with Crippen molar-refractivity contribution in [2.24, 2.45) is 11.8 Å². The van der Waals surface area contributed by atoms with Crippen LogP contribution in [0.4, 0.5) is 5.82 Å². The fraction of sp³-hybridized carbons (Fsp3) is 0.531. The van der Waals surface area contributed by atoms with Crippen LogP contribution in [-0.2, 0) is 42.4 Å². The molecule has 0 amide bonds. The number of rotatable bonds is 14. The molecule has 7 atom stereocenters. The van der Waals surface area contributed by atoms with Gasteiger partial charge in [-0.05, 0) is 44.5 Å². The number of hydrogen-bond donors (Lipinski definition) is 2. The number of anilines is 1. The summed E-state index contributed by atoms with van der Waals surface area (Å²) in [4.78, 5) is 43.4. The Morgan fingerprint density at radius 3 is 2.38 bits per heavy atom. The fourth-order valence-electron chi connectivity index (χ4n) is 5.63. The third-order valence-electron chi connectivity index (χ3n) is 8.28. The summed E-state index contributed by atoms with van der Waals surface area (Å²) in [6, 6.07) is 10.5. The highest BCUT2D eigenvalue weighted by molar-refractivity contribution is 7.52. The van der Waals surface area contributed by atoms with Crippen molar-refractivity contribution in [1.82, 2.24) is 19.7 Å². The Morgan fingerprint density at radius 2 is 1.73 bits per heavy atom. The van der Waals surface area contributed by atoms with Gasteiger partial charge < -0.3 is 29.2 Å². The van der Waals surface area contributed by atoms with Crippen LogP contribution in [0.3, 0.4) is 0 Å². The van der Waals surface area contributed by atoms with E-state index in [1.54, 1.807) is 77.1 Å². The Balaban J connectivity index is 1.58. The van der Waals surface area contributed by atoms with Crippen LogP contribution in [0.15, 0.2) is 48.8 Å². The second-order valence-corrected chi connectivity index (χ2v) is 14.3. The molecule has 1 aromatic carbocycles. The molecular weight excluding hydrogens is 645 g/mol. The minimum Gasteiger partial charge on any atom is -0.465 e. The van der Waals surface area contributed by atoms with Crippen LogP contribution in [0.5, 0.6) is 5.75 Å². The maximum absolute atomic E-state index is 14.6. The number of benzene rings is 1. The summed E-state index contributed by atoms with van der Waals surface area (Å²) in [6.07, 6.45) is -1.80. The highest BCUT2D eigenvalue weighted by atomic mass is 31.2. The summed E-state index contributed by atoms with van der Waals surface area (Å²) in [5.74, 6) is -2.72. The summed E-state index contributed by atoms with van der Waals surface area (Å²) in [5, 5.41) is 6.98. The summed E-state index contributed by atoms with van der Waals surface area (Å²) >= 11 is 0. The molecule has 48 heavy (non-hydrogen) atoms. The fourth-order valence-corrected chi connectivity index (χ4v) is 7.40. The lowest BCUT2D eigenvalue weighted by atomic mass is 10.0. The van der Waals surface area contributed by atoms with Crippen LogP contribution in [0.1, 0.15) is 66.7 Å². The molecule has 1 saturated carbocycles. The van der Waals surface area contributed by atoms with Gasteiger partial charge in [0.15, 0.2) is 11.9 Å². The third kappa shape index (κ3) is 6.39. The number of carbonyl (C=O) groups excluding carboxylic acids is 3. The predicted molar refractivity (Wildman–Crippen MR) is 171 cm³/mol. The zero-order chi connectivity index (χ0) is 35.0. The first kappa shape index (κ1) is 35.3. The van der Waals surface area contributed by atoms with Crippen molar-refractivity contribution in [3.63, 3.8) is 0 Å². The largest absolute Gasteiger partial charge is 0.465 e. The van der Waals surface area contributed by atoms with Gasteiger partial charge in [-0.2, -0.15) is 10.2 Å². The molecule has 1 unspecified atom stereocenters. The van der Waals surface area contributed by atoms with E-state index in [1.807, 2.05) is 6.92 Å². The van der Waals surface area contributed by atoms with Gasteiger partial charge in [0.1, 0.15) is 41.4 Å². The van der Waals surface area contributed by atoms with E-state index in [9.17, 15) is 18.9 Å². The topological polar surface area (TPSA) is 192 Å². The Morgan fingerprint density at radius 1 is 1.04 bits per heavy atom. The molecule has 0 spiro atoms. The molecule has 5 rings (SSSR count). The summed E-state index contributed by atoms with van der Waals surface area (Å²) in [5.41, 5.74) is 3.65. The lowest BCUT2D eigenvalue weighted by molar-refractivity contribution is -0.181. The van der Waals surface area contributed by atoms with Crippen molar-refractivity contribution >= 4 is 37.0 Å². The monoisotopic (exact) mass is 687 g/mol. The SMILES string of the molecule is CCCOC(=O)[C@H](C)N[P@](=O)(Oc1ccccc1)OC1[C@@]2(C)O[C@@H](c3ccc4c(N)ncnn34)[C@H](OC(=O)C(C)C)[C@@]12OC(=O)C(C)C. The minimum atomic E-state index is -4.49. The van der Waals surface area contributed by atoms with Crippen molar-refractivity contribution in [1.29, 1.82) is 0 Å². The first-order valence-corrected chi connectivity index (χ1v) is 17.4. The molecule has 3 N–H and O–H groups in total. The van der Waals surface area contributed by atoms with Gasteiger partial charge in [-0.3, -0.25) is 18.9 Å². The number of nitrogens with two attached hydrogens (primary N) is 1. The smallest absolute Gasteiger partial charge is 0.459 e. The first-order chi connectivity index (χ1) is 22.7. The van der Waals surface area contributed by atoms with E-state index in [-0.39, 0.29) is 18.2 Å². The average Bonchev–Trinajstić information content (AvgIpc) is 3.31. The van der Waals surface area contributed by atoms with Gasteiger partial charge in [0.25, 0.3) is 0 Å². The Hall–Kier alpha value is -4.04. The van der Waals surface area contributed by atoms with Gasteiger partial charge in [0.05, 0.1) is 24.1 Å². The van der Waals surface area contributed by atoms with E-state index in [2.05, 4.69) is 15.2 Å². The minimum absolute atomic E-state index is 0.160. The molecule has 0 radical (unpaired) electrons. The second kappa shape index (κ2) is 13.5. The molecule has 1 aliphatic carbocycles. The van der Waals surface area contributed by atoms with Crippen LogP contribution >= 0.6 is 7.75 Å². The van der Waals surface area contributed by atoms with Gasteiger partial charge in [-0.25, -0.2) is 14.1 Å². The lowest BCUT2D eigenvalue weighted by Gasteiger charge is -2.31. The van der Waals surface area contributed by atoms with E-state index in [4.69, 9.17) is 33.7 Å². The number of nitrogen functional groups attached to an aromatic ring is 1. The number of fused-ring (bicyclic) bond motifs is 2. The average molecular weight is 688 g/mol. The first-order valence-electron chi connectivity index (χ1n) is 15.8. The van der Waals surface area contributed by atoms with Gasteiger partial charge in [0.2, 0.25) is 5.60 Å². The Labute approximate surface area is 278 Å². The Bertz CT molecular complexity index is 1720. The molecule has 1 aliphatic heterocycles. The van der Waals surface area contributed by atoms with Crippen molar-refractivity contribution in [3.8, 4) is 5.75 Å². The number of ether oxygens (including phenoxy) is 4. The number of para-hydroxylation sites is 1. The molecule has 15 nitrogen and oxygen atoms in total. The van der Waals surface area contributed by atoms with Crippen LogP contribution in [-0.4, -0.2) is 68.6 Å². The highest BCUT2D eigenvalue weighted by Gasteiger charge is 2.91. The zero-order valence-electron chi connectivity index (χ0n) is 27.9. The van der Waals surface area contributed by atoms with E-state index in [0.717, 1.165) is 0 Å². The summed E-state index contributed by atoms with van der Waals surface area (Å²) in [7, 11) is -4.49. The van der Waals surface area contributed by atoms with Crippen molar-refractivity contribution in [2.75, 3.05) is 12.3 Å². The standard InChI is InChI=1S/C32H42N5O10P/c1-8-16-42-29(40)20(6)36-48(41,46-21-12-10-9-11-13-21)47-30-31(7)32(30,45-28(39)19(4)5)25(43-27(38)18(2)3)24(44-31)22-14-15-23-26(33)34-17-35-37(22)23/h9-15,17-20,24-25,30H,8,16H2,1-7H3,(H,36,41)(H2,33,34,35)/t20-,24-,25-,30?,31+,32+,48-/m0/s1. The molecule has 2 fully saturated rings. The Kier molecular flexibility index (Phi) is 9.89. The number of esters is 3. The second-order valence-electron chi connectivity index (χ2n) is 12.6. The van der Waals surface area contributed by atoms with Gasteiger partial charge >= 0.3 is 25.7 Å². The number of aromatic nitrogens is 3. The number of nitrogens with zero attached hydrogens (tertiary/aromatic N) is 3. The quantitative estimate of drug-likeness (QED) is 0.139. The van der Waals surface area contributed by atoms with Crippen LogP contribution < -0.4 is 15.3 Å². The van der Waals surface area contributed by atoms with Crippen LogP contribution in [0.2, 0.25) is 0 Å². The third-order valence-corrected chi connectivity index (χ3v) is 9.92. The summed E-state index contributed by atoms with van der Waals surface area (Å²) < 4.78 is 52.4. The molecule has 2 aromatic heterocycles. The van der Waals surface area contributed by atoms with E-state index >= 15 is 0 Å². The number of hydrogen-bond acceptors (Lipinski definition) is 13. The van der Waals surface area contributed by atoms with Crippen molar-refractivity contribution in [2.45, 2.75) is 90.4 Å². The van der Waals surface area contributed by atoms with Crippen molar-refractivity contribution in [3.05, 3.63) is 54.5 Å². The van der Waals surface area contributed by atoms with Crippen LogP contribution in [0.25, 0.3) is 5.52 Å². The zero-order valence-corrected chi connectivity index (χ0v) is 28.8. The van der Waals surface area contributed by atoms with Crippen molar-refractivity contribution < 1.29 is 46.9 Å². The molecular formula is C32H42N5O10P. The molecule has 0 bridgehead atoms. The summed E-state index contributed by atoms with van der Waals surface area (Å²) in [6.45, 7) is 11.7. The van der Waals surface area contributed by atoms with E-state index < -0.39 is 73.0 Å². The normalized spacial score (nSPS) is 26.5. The van der Waals surface area contributed by atoms with Gasteiger partial charge in [-0.15, -0.1) is 0 Å². The lowest BCUT2D eigenvalue weighted by Crippen LogP contribution is -2.45. The molecule has 2 aliphatic rings. The molecule has 3 aromatic rings. The molecule has 16 heteroatoms. The predicted octanol–water partition coefficient (Wildman–Crippen LogP) is 4.16. The molecule has 3 heterocycles. The van der Waals surface area contributed by atoms with Gasteiger partial charge in [0, 0.05) is 0 Å². The van der Waals surface area contributed by atoms with Gasteiger partial charge in [-0.1, -0.05) is 52.8 Å². The maximum atomic E-state index is 14.6. The molecule has 260 valence electrons. The van der Waals surface area contributed by atoms with E-state index in [0.29, 0.717) is 17.6 Å². The maximum Gasteiger partial charge on any atom is 0.459 e. The molecule has 1 saturated heterocycles. The van der Waals surface area contributed by atoms with E-state index in [1.165, 1.54) is 17.8 Å². The number of carbonyl (C=O) groups is 3. The highest BCUT2D eigenvalue weighted by Crippen LogP contribution is 2.71. The number of nitrogens with one attached hydrogen (secondary N) is 1. The van der Waals surface area contributed by atoms with Crippen LogP contribution in [0, 0.1) is 11.8 Å².